The van der Waals surface area contributed by atoms with E-state index in [4.69, 9.17) is 30.2 Å². The van der Waals surface area contributed by atoms with Crippen LogP contribution in [0.4, 0.5) is 0 Å². The van der Waals surface area contributed by atoms with Crippen molar-refractivity contribution in [1.82, 2.24) is 0 Å². The first-order valence-corrected chi connectivity index (χ1v) is 7.63. The molecule has 6 nitrogen and oxygen atoms in total. The number of fused-ring (bicyclic) bond motifs is 1. The third-order valence-electron chi connectivity index (χ3n) is 3.78. The van der Waals surface area contributed by atoms with Crippen molar-refractivity contribution < 1.29 is 23.7 Å². The maximum atomic E-state index is 12.5. The number of benzene rings is 2. The van der Waals surface area contributed by atoms with Crippen molar-refractivity contribution in [1.29, 1.82) is 0 Å². The zero-order valence-corrected chi connectivity index (χ0v) is 14.5. The van der Waals surface area contributed by atoms with Gasteiger partial charge in [-0.1, -0.05) is 11.6 Å². The first kappa shape index (κ1) is 17.0. The van der Waals surface area contributed by atoms with Crippen molar-refractivity contribution >= 4 is 22.6 Å². The maximum Gasteiger partial charge on any atom is 0.235 e. The largest absolute Gasteiger partial charge is 0.502 e. The lowest BCUT2D eigenvalue weighted by atomic mass is 10.1. The summed E-state index contributed by atoms with van der Waals surface area (Å²) in [5, 5.41) is 10.9. The van der Waals surface area contributed by atoms with Crippen molar-refractivity contribution in [2.45, 2.75) is 0 Å². The van der Waals surface area contributed by atoms with Crippen LogP contribution >= 0.6 is 11.6 Å². The number of ether oxygens (including phenoxy) is 3. The lowest BCUT2D eigenvalue weighted by molar-refractivity contribution is 0.349. The second-order valence-electron chi connectivity index (χ2n) is 5.16. The molecule has 25 heavy (non-hydrogen) atoms. The summed E-state index contributed by atoms with van der Waals surface area (Å²) in [5.74, 6) is 0.622. The van der Waals surface area contributed by atoms with E-state index < -0.39 is 11.2 Å². The standard InChI is InChI=1S/C18H15ClO6/c1-22-13-8-15(24-3)14(23-2)7-11(13)18-17(21)16(20)10-6-9(19)4-5-12(10)25-18/h4-8,21H,1-3H3. The van der Waals surface area contributed by atoms with Crippen LogP contribution in [-0.2, 0) is 0 Å². The smallest absolute Gasteiger partial charge is 0.235 e. The number of aromatic hydroxyl groups is 1. The molecule has 0 amide bonds. The fraction of sp³-hybridized carbons (Fsp3) is 0.167. The van der Waals surface area contributed by atoms with E-state index in [2.05, 4.69) is 0 Å². The van der Waals surface area contributed by atoms with E-state index >= 15 is 0 Å². The first-order valence-electron chi connectivity index (χ1n) is 7.25. The molecule has 0 fully saturated rings. The lowest BCUT2D eigenvalue weighted by Crippen LogP contribution is -2.03. The van der Waals surface area contributed by atoms with Crippen LogP contribution in [0.2, 0.25) is 5.02 Å². The summed E-state index contributed by atoms with van der Waals surface area (Å²) in [4.78, 5) is 12.5. The highest BCUT2D eigenvalue weighted by atomic mass is 35.5. The van der Waals surface area contributed by atoms with E-state index in [1.807, 2.05) is 0 Å². The van der Waals surface area contributed by atoms with Crippen LogP contribution in [0.1, 0.15) is 0 Å². The normalized spacial score (nSPS) is 10.7. The van der Waals surface area contributed by atoms with Crippen molar-refractivity contribution in [2.24, 2.45) is 0 Å². The fourth-order valence-electron chi connectivity index (χ4n) is 2.55. The summed E-state index contributed by atoms with van der Waals surface area (Å²) >= 11 is 5.91. The number of methoxy groups -OCH3 is 3. The van der Waals surface area contributed by atoms with Gasteiger partial charge in [0.05, 0.1) is 32.3 Å². The third-order valence-corrected chi connectivity index (χ3v) is 4.01. The van der Waals surface area contributed by atoms with E-state index in [0.717, 1.165) is 0 Å². The minimum Gasteiger partial charge on any atom is -0.502 e. The zero-order chi connectivity index (χ0) is 18.1. The topological polar surface area (TPSA) is 78.1 Å². The molecule has 0 atom stereocenters. The molecule has 0 saturated heterocycles. The Labute approximate surface area is 148 Å². The predicted molar refractivity (Wildman–Crippen MR) is 94.3 cm³/mol. The third kappa shape index (κ3) is 2.85. The van der Waals surface area contributed by atoms with Crippen LogP contribution in [-0.4, -0.2) is 26.4 Å². The number of halogens is 1. The van der Waals surface area contributed by atoms with Crippen molar-refractivity contribution in [3.63, 3.8) is 0 Å². The number of hydrogen-bond donors (Lipinski definition) is 1. The van der Waals surface area contributed by atoms with Gasteiger partial charge in [0, 0.05) is 11.1 Å². The fourth-order valence-corrected chi connectivity index (χ4v) is 2.72. The van der Waals surface area contributed by atoms with E-state index in [9.17, 15) is 9.90 Å². The van der Waals surface area contributed by atoms with Gasteiger partial charge in [-0.15, -0.1) is 0 Å². The van der Waals surface area contributed by atoms with Crippen LogP contribution in [0.25, 0.3) is 22.3 Å². The minimum absolute atomic E-state index is 0.0300. The van der Waals surface area contributed by atoms with Gasteiger partial charge in [0.2, 0.25) is 11.2 Å². The van der Waals surface area contributed by atoms with Crippen molar-refractivity contribution in [2.75, 3.05) is 21.3 Å². The van der Waals surface area contributed by atoms with E-state index in [1.54, 1.807) is 24.3 Å². The molecule has 130 valence electrons. The Kier molecular flexibility index (Phi) is 4.46. The van der Waals surface area contributed by atoms with Gasteiger partial charge in [0.25, 0.3) is 0 Å². The average molecular weight is 363 g/mol. The van der Waals surface area contributed by atoms with Crippen molar-refractivity contribution in [3.05, 3.63) is 45.6 Å². The Morgan fingerprint density at radius 1 is 0.960 bits per heavy atom. The molecule has 3 aromatic rings. The number of hydrogen-bond acceptors (Lipinski definition) is 6. The van der Waals surface area contributed by atoms with E-state index in [-0.39, 0.29) is 11.1 Å². The molecule has 1 heterocycles. The van der Waals surface area contributed by atoms with Gasteiger partial charge in [-0.2, -0.15) is 0 Å². The Bertz CT molecular complexity index is 1010. The van der Waals surface area contributed by atoms with Crippen LogP contribution in [0, 0.1) is 0 Å². The first-order chi connectivity index (χ1) is 12.0. The van der Waals surface area contributed by atoms with E-state index in [1.165, 1.54) is 27.4 Å². The van der Waals surface area contributed by atoms with Gasteiger partial charge in [0.15, 0.2) is 17.3 Å². The molecule has 0 aliphatic rings. The minimum atomic E-state index is -0.587. The van der Waals surface area contributed by atoms with Crippen LogP contribution in [0.5, 0.6) is 23.0 Å². The molecule has 0 aliphatic heterocycles. The molecule has 7 heteroatoms. The highest BCUT2D eigenvalue weighted by molar-refractivity contribution is 6.31. The lowest BCUT2D eigenvalue weighted by Gasteiger charge is -2.14. The second-order valence-corrected chi connectivity index (χ2v) is 5.59. The molecule has 2 aromatic carbocycles. The van der Waals surface area contributed by atoms with Gasteiger partial charge in [-0.05, 0) is 24.3 Å². The van der Waals surface area contributed by atoms with Gasteiger partial charge < -0.3 is 23.7 Å². The summed E-state index contributed by atoms with van der Waals surface area (Å²) in [6, 6.07) is 7.75. The Morgan fingerprint density at radius 3 is 2.24 bits per heavy atom. The molecular formula is C18H15ClO6. The zero-order valence-electron chi connectivity index (χ0n) is 13.8. The predicted octanol–water partition coefficient (Wildman–Crippen LogP) is 3.84. The highest BCUT2D eigenvalue weighted by Crippen LogP contribution is 2.42. The van der Waals surface area contributed by atoms with Crippen LogP contribution < -0.4 is 19.6 Å². The number of rotatable bonds is 4. The average Bonchev–Trinajstić information content (AvgIpc) is 2.64. The van der Waals surface area contributed by atoms with E-state index in [0.29, 0.717) is 33.4 Å². The summed E-state index contributed by atoms with van der Waals surface area (Å²) < 4.78 is 21.6. The molecule has 1 N–H and O–H groups in total. The molecule has 0 spiro atoms. The summed E-state index contributed by atoms with van der Waals surface area (Å²) in [6.45, 7) is 0. The Hall–Kier alpha value is -2.86. The second kappa shape index (κ2) is 6.57. The maximum absolute atomic E-state index is 12.5. The quantitative estimate of drug-likeness (QED) is 0.759. The highest BCUT2D eigenvalue weighted by Gasteiger charge is 2.21. The summed E-state index contributed by atoms with van der Waals surface area (Å²) in [6.07, 6.45) is 0. The van der Waals surface area contributed by atoms with Gasteiger partial charge in [-0.3, -0.25) is 4.79 Å². The molecule has 0 aliphatic carbocycles. The van der Waals surface area contributed by atoms with Gasteiger partial charge >= 0.3 is 0 Å². The monoisotopic (exact) mass is 362 g/mol. The van der Waals surface area contributed by atoms with Crippen LogP contribution in [0.3, 0.4) is 0 Å². The van der Waals surface area contributed by atoms with Crippen molar-refractivity contribution in [3.8, 4) is 34.3 Å². The Morgan fingerprint density at radius 2 is 1.60 bits per heavy atom. The summed E-state index contributed by atoms with van der Waals surface area (Å²) in [5.41, 5.74) is 0.0567. The van der Waals surface area contributed by atoms with Gasteiger partial charge in [-0.25, -0.2) is 0 Å². The van der Waals surface area contributed by atoms with Gasteiger partial charge in [0.1, 0.15) is 11.3 Å². The van der Waals surface area contributed by atoms with Crippen LogP contribution in [0.15, 0.2) is 39.5 Å². The summed E-state index contributed by atoms with van der Waals surface area (Å²) in [7, 11) is 4.43. The molecule has 0 saturated carbocycles. The molecule has 0 bridgehead atoms. The molecular weight excluding hydrogens is 348 g/mol. The molecule has 0 unspecified atom stereocenters. The Balaban J connectivity index is 2.34. The molecule has 0 radical (unpaired) electrons. The molecule has 3 rings (SSSR count). The molecule has 1 aromatic heterocycles. The SMILES string of the molecule is COc1cc(OC)c(-c2oc3ccc(Cl)cc3c(=O)c2O)cc1OC.